The van der Waals surface area contributed by atoms with Crippen molar-refractivity contribution in [1.29, 1.82) is 0 Å². The fourth-order valence-electron chi connectivity index (χ4n) is 3.93. The van der Waals surface area contributed by atoms with Gasteiger partial charge in [-0.3, -0.25) is 0 Å². The molecule has 0 atom stereocenters. The van der Waals surface area contributed by atoms with Crippen molar-refractivity contribution in [3.63, 3.8) is 0 Å². The van der Waals surface area contributed by atoms with Crippen LogP contribution in [0.4, 0.5) is 11.4 Å². The Hall–Kier alpha value is -2.65. The van der Waals surface area contributed by atoms with Crippen LogP contribution >= 0.6 is 11.6 Å². The van der Waals surface area contributed by atoms with Crippen LogP contribution < -0.4 is 15.0 Å². The van der Waals surface area contributed by atoms with Crippen molar-refractivity contribution in [2.75, 3.05) is 23.3 Å². The van der Waals surface area contributed by atoms with Crippen LogP contribution in [0.25, 0.3) is 0 Å². The van der Waals surface area contributed by atoms with E-state index < -0.39 is 0 Å². The zero-order valence-electron chi connectivity index (χ0n) is 17.5. The number of nitrogens with one attached hydrogen (secondary N) is 1. The smallest absolute Gasteiger partial charge is 0.120 e. The molecule has 0 radical (unpaired) electrons. The van der Waals surface area contributed by atoms with Crippen molar-refractivity contribution < 1.29 is 4.74 Å². The Morgan fingerprint density at radius 1 is 0.900 bits per heavy atom. The number of halogens is 1. The van der Waals surface area contributed by atoms with Crippen molar-refractivity contribution in [1.82, 2.24) is 0 Å². The van der Waals surface area contributed by atoms with E-state index in [-0.39, 0.29) is 0 Å². The number of anilines is 2. The van der Waals surface area contributed by atoms with Crippen LogP contribution in [-0.2, 0) is 13.2 Å². The quantitative estimate of drug-likeness (QED) is 0.453. The molecule has 1 fully saturated rings. The molecule has 156 valence electrons. The fraction of sp³-hybridized carbons (Fsp3) is 0.308. The first-order chi connectivity index (χ1) is 14.7. The van der Waals surface area contributed by atoms with Crippen molar-refractivity contribution in [3.8, 4) is 5.75 Å². The highest BCUT2D eigenvalue weighted by Gasteiger charge is 2.14. The molecule has 1 aliphatic heterocycles. The molecule has 30 heavy (non-hydrogen) atoms. The number of rotatable bonds is 7. The van der Waals surface area contributed by atoms with Crippen molar-refractivity contribution in [2.45, 2.75) is 39.3 Å². The van der Waals surface area contributed by atoms with Gasteiger partial charge in [-0.1, -0.05) is 53.6 Å². The molecule has 0 saturated carbocycles. The van der Waals surface area contributed by atoms with E-state index in [2.05, 4.69) is 65.7 Å². The van der Waals surface area contributed by atoms with Crippen LogP contribution in [0, 0.1) is 6.92 Å². The van der Waals surface area contributed by atoms with E-state index in [1.165, 1.54) is 36.0 Å². The van der Waals surface area contributed by atoms with Crippen LogP contribution in [0.15, 0.2) is 66.7 Å². The maximum atomic E-state index is 6.58. The first-order valence-corrected chi connectivity index (χ1v) is 11.1. The Bertz CT molecular complexity index is 982. The molecule has 4 heteroatoms. The third kappa shape index (κ3) is 5.48. The first kappa shape index (κ1) is 20.6. The van der Waals surface area contributed by atoms with E-state index in [1.807, 2.05) is 18.2 Å². The lowest BCUT2D eigenvalue weighted by Crippen LogP contribution is -2.29. The predicted octanol–water partition coefficient (Wildman–Crippen LogP) is 6.83. The molecule has 1 saturated heterocycles. The minimum absolute atomic E-state index is 0.576. The minimum atomic E-state index is 0.576. The molecule has 4 rings (SSSR count). The maximum Gasteiger partial charge on any atom is 0.120 e. The predicted molar refractivity (Wildman–Crippen MR) is 127 cm³/mol. The molecule has 0 spiro atoms. The Balaban J connectivity index is 1.34. The molecule has 1 heterocycles. The molecule has 0 aromatic heterocycles. The molecule has 0 aliphatic carbocycles. The number of piperidine rings is 1. The average molecular weight is 421 g/mol. The summed E-state index contributed by atoms with van der Waals surface area (Å²) in [4.78, 5) is 2.39. The van der Waals surface area contributed by atoms with E-state index in [0.29, 0.717) is 6.61 Å². The standard InChI is InChI=1S/C26H29ClN2O/c1-20-7-5-9-22(15-20)19-30-24-10-6-8-21(16-24)18-28-23-11-12-26(25(27)17-23)29-13-3-2-4-14-29/h5-12,15-17,28H,2-4,13-14,18-19H2,1H3. The number of hydrogen-bond donors (Lipinski definition) is 1. The third-order valence-corrected chi connectivity index (χ3v) is 5.83. The summed E-state index contributed by atoms with van der Waals surface area (Å²) < 4.78 is 5.99. The van der Waals surface area contributed by atoms with Gasteiger partial charge in [0.2, 0.25) is 0 Å². The summed E-state index contributed by atoms with van der Waals surface area (Å²) in [5.41, 5.74) is 5.79. The Labute approximate surface area is 184 Å². The van der Waals surface area contributed by atoms with Gasteiger partial charge in [0, 0.05) is 25.3 Å². The molecule has 0 amide bonds. The molecule has 1 N–H and O–H groups in total. The topological polar surface area (TPSA) is 24.5 Å². The Morgan fingerprint density at radius 2 is 1.70 bits per heavy atom. The van der Waals surface area contributed by atoms with Gasteiger partial charge in [0.05, 0.1) is 10.7 Å². The van der Waals surface area contributed by atoms with E-state index >= 15 is 0 Å². The highest BCUT2D eigenvalue weighted by molar-refractivity contribution is 6.33. The van der Waals surface area contributed by atoms with Crippen molar-refractivity contribution in [3.05, 3.63) is 88.4 Å². The van der Waals surface area contributed by atoms with Gasteiger partial charge in [-0.25, -0.2) is 0 Å². The molecule has 1 aliphatic rings. The summed E-state index contributed by atoms with van der Waals surface area (Å²) in [5, 5.41) is 4.30. The van der Waals surface area contributed by atoms with Crippen LogP contribution in [0.3, 0.4) is 0 Å². The van der Waals surface area contributed by atoms with Gasteiger partial charge in [-0.15, -0.1) is 0 Å². The summed E-state index contributed by atoms with van der Waals surface area (Å²) in [6.07, 6.45) is 3.82. The second kappa shape index (κ2) is 9.90. The van der Waals surface area contributed by atoms with E-state index in [0.717, 1.165) is 41.8 Å². The van der Waals surface area contributed by atoms with Gasteiger partial charge < -0.3 is 15.0 Å². The average Bonchev–Trinajstić information content (AvgIpc) is 2.77. The van der Waals surface area contributed by atoms with E-state index in [9.17, 15) is 0 Å². The summed E-state index contributed by atoms with van der Waals surface area (Å²) in [7, 11) is 0. The highest BCUT2D eigenvalue weighted by atomic mass is 35.5. The van der Waals surface area contributed by atoms with Crippen LogP contribution in [0.1, 0.15) is 36.0 Å². The second-order valence-electron chi connectivity index (χ2n) is 7.99. The van der Waals surface area contributed by atoms with Gasteiger partial charge >= 0.3 is 0 Å². The molecule has 0 bridgehead atoms. The largest absolute Gasteiger partial charge is 0.489 e. The van der Waals surface area contributed by atoms with E-state index in [1.54, 1.807) is 0 Å². The van der Waals surface area contributed by atoms with Gasteiger partial charge in [0.1, 0.15) is 12.4 Å². The third-order valence-electron chi connectivity index (χ3n) is 5.53. The first-order valence-electron chi connectivity index (χ1n) is 10.7. The SMILES string of the molecule is Cc1cccc(COc2cccc(CNc3ccc(N4CCCCC4)c(Cl)c3)c2)c1. The summed E-state index contributed by atoms with van der Waals surface area (Å²) in [6.45, 7) is 5.60. The van der Waals surface area contributed by atoms with Crippen LogP contribution in [0.5, 0.6) is 5.75 Å². The fourth-order valence-corrected chi connectivity index (χ4v) is 4.23. The van der Waals surface area contributed by atoms with E-state index in [4.69, 9.17) is 16.3 Å². The molecule has 3 aromatic carbocycles. The van der Waals surface area contributed by atoms with Gasteiger partial charge in [-0.2, -0.15) is 0 Å². The summed E-state index contributed by atoms with van der Waals surface area (Å²) in [5.74, 6) is 0.884. The molecule has 0 unspecified atom stereocenters. The Kier molecular flexibility index (Phi) is 6.81. The second-order valence-corrected chi connectivity index (χ2v) is 8.40. The number of ether oxygens (including phenoxy) is 1. The Morgan fingerprint density at radius 3 is 2.50 bits per heavy atom. The van der Waals surface area contributed by atoms with Crippen molar-refractivity contribution >= 4 is 23.0 Å². The van der Waals surface area contributed by atoms with Crippen LogP contribution in [-0.4, -0.2) is 13.1 Å². The van der Waals surface area contributed by atoms with Crippen LogP contribution in [0.2, 0.25) is 5.02 Å². The lowest BCUT2D eigenvalue weighted by Gasteiger charge is -2.29. The number of nitrogens with zero attached hydrogens (tertiary/aromatic N) is 1. The number of benzene rings is 3. The van der Waals surface area contributed by atoms with Gasteiger partial charge in [0.15, 0.2) is 0 Å². The van der Waals surface area contributed by atoms with Crippen molar-refractivity contribution in [2.24, 2.45) is 0 Å². The zero-order chi connectivity index (χ0) is 20.8. The normalized spacial score (nSPS) is 13.9. The summed E-state index contributed by atoms with van der Waals surface area (Å²) >= 11 is 6.58. The monoisotopic (exact) mass is 420 g/mol. The molecular formula is C26H29ClN2O. The lowest BCUT2D eigenvalue weighted by atomic mass is 10.1. The number of hydrogen-bond acceptors (Lipinski definition) is 3. The lowest BCUT2D eigenvalue weighted by molar-refractivity contribution is 0.306. The van der Waals surface area contributed by atoms with Gasteiger partial charge in [-0.05, 0) is 67.6 Å². The molecular weight excluding hydrogens is 392 g/mol. The molecule has 3 aromatic rings. The highest BCUT2D eigenvalue weighted by Crippen LogP contribution is 2.31. The maximum absolute atomic E-state index is 6.58. The number of aryl methyl sites for hydroxylation is 1. The zero-order valence-corrected chi connectivity index (χ0v) is 18.3. The molecule has 3 nitrogen and oxygen atoms in total. The minimum Gasteiger partial charge on any atom is -0.489 e. The van der Waals surface area contributed by atoms with Gasteiger partial charge in [0.25, 0.3) is 0 Å². The summed E-state index contributed by atoms with van der Waals surface area (Å²) in [6, 6.07) is 22.9.